The molecular weight excluding hydrogens is 124 g/mol. The third-order valence-electron chi connectivity index (χ3n) is 0.659. The van der Waals surface area contributed by atoms with Gasteiger partial charge in [-0.15, -0.1) is 0 Å². The molecule has 0 aliphatic heterocycles. The summed E-state index contributed by atoms with van der Waals surface area (Å²) in [6.45, 7) is 0. The van der Waals surface area contributed by atoms with Gasteiger partial charge in [0, 0.05) is 0 Å². The average Bonchev–Trinajstić information content (AvgIpc) is 1.90. The quantitative estimate of drug-likeness (QED) is 0.494. The molecule has 0 fully saturated rings. The molecule has 0 saturated carbocycles. The number of hydrogen-bond acceptors (Lipinski definition) is 6. The van der Waals surface area contributed by atoms with Crippen molar-refractivity contribution in [3.63, 3.8) is 0 Å². The smallest absolute Gasteiger partial charge is 0.261 e. The van der Waals surface area contributed by atoms with Gasteiger partial charge in [0.15, 0.2) is 0 Å². The lowest BCUT2D eigenvalue weighted by Crippen LogP contribution is -2.14. The summed E-state index contributed by atoms with van der Waals surface area (Å²) >= 11 is 0. The highest BCUT2D eigenvalue weighted by molar-refractivity contribution is 5.15. The van der Waals surface area contributed by atoms with Crippen molar-refractivity contribution in [2.75, 3.05) is 5.23 Å². The van der Waals surface area contributed by atoms with Crippen molar-refractivity contribution in [3.8, 4) is 0 Å². The van der Waals surface area contributed by atoms with Crippen LogP contribution in [0.3, 0.4) is 0 Å². The molecule has 1 heterocycles. The first kappa shape index (κ1) is 5.86. The maximum atomic E-state index is 8.26. The van der Waals surface area contributed by atoms with E-state index >= 15 is 0 Å². The van der Waals surface area contributed by atoms with Crippen molar-refractivity contribution >= 4 is 5.95 Å². The Morgan fingerprint density at radius 2 is 1.78 bits per heavy atom. The van der Waals surface area contributed by atoms with Gasteiger partial charge in [-0.25, -0.2) is 4.98 Å². The average molecular weight is 128 g/mol. The van der Waals surface area contributed by atoms with E-state index in [2.05, 4.69) is 15.0 Å². The van der Waals surface area contributed by atoms with E-state index in [0.29, 0.717) is 0 Å². The van der Waals surface area contributed by atoms with Crippen LogP contribution < -0.4 is 5.23 Å². The normalized spacial score (nSPS) is 9.11. The molecule has 0 unspecified atom stereocenters. The van der Waals surface area contributed by atoms with Crippen LogP contribution in [0, 0.1) is 0 Å². The highest BCUT2D eigenvalue weighted by Crippen LogP contribution is 1.93. The van der Waals surface area contributed by atoms with Gasteiger partial charge in [0.1, 0.15) is 12.7 Å². The number of anilines is 1. The summed E-state index contributed by atoms with van der Waals surface area (Å²) in [6, 6.07) is 0. The maximum Gasteiger partial charge on any atom is 0.280 e. The van der Waals surface area contributed by atoms with Crippen LogP contribution >= 0.6 is 0 Å². The molecule has 0 spiro atoms. The fourth-order valence-corrected chi connectivity index (χ4v) is 0.336. The van der Waals surface area contributed by atoms with E-state index in [4.69, 9.17) is 10.4 Å². The summed E-state index contributed by atoms with van der Waals surface area (Å²) in [5, 5.41) is 16.3. The van der Waals surface area contributed by atoms with Crippen molar-refractivity contribution in [3.05, 3.63) is 12.7 Å². The number of aromatic nitrogens is 3. The molecule has 1 aromatic rings. The van der Waals surface area contributed by atoms with Gasteiger partial charge in [0.25, 0.3) is 5.95 Å². The summed E-state index contributed by atoms with van der Waals surface area (Å²) in [7, 11) is 0. The molecule has 1 aromatic heterocycles. The largest absolute Gasteiger partial charge is 0.280 e. The van der Waals surface area contributed by atoms with Crippen molar-refractivity contribution in [2.45, 2.75) is 0 Å². The first-order chi connectivity index (χ1) is 4.30. The molecule has 9 heavy (non-hydrogen) atoms. The minimum Gasteiger partial charge on any atom is -0.261 e. The number of rotatable bonds is 1. The molecular formula is C3H4N4O2. The SMILES string of the molecule is ON(O)c1ncncn1. The lowest BCUT2D eigenvalue weighted by atomic mass is 11.0. The molecule has 48 valence electrons. The molecule has 6 heteroatoms. The Balaban J connectivity index is 2.85. The summed E-state index contributed by atoms with van der Waals surface area (Å²) in [4.78, 5) is 10.2. The van der Waals surface area contributed by atoms with Crippen molar-refractivity contribution in [1.29, 1.82) is 0 Å². The Hall–Kier alpha value is -1.27. The number of hydrogen-bond donors (Lipinski definition) is 2. The zero-order valence-electron chi connectivity index (χ0n) is 4.34. The summed E-state index contributed by atoms with van der Waals surface area (Å²) in [5.74, 6) is -0.204. The predicted octanol–water partition coefficient (Wildman–Crippen LogP) is -0.544. The van der Waals surface area contributed by atoms with Crippen LogP contribution in [-0.4, -0.2) is 25.4 Å². The van der Waals surface area contributed by atoms with Gasteiger partial charge in [-0.2, -0.15) is 9.97 Å². The summed E-state index contributed by atoms with van der Waals surface area (Å²) < 4.78 is 0. The van der Waals surface area contributed by atoms with Crippen molar-refractivity contribution in [2.24, 2.45) is 0 Å². The van der Waals surface area contributed by atoms with Crippen LogP contribution in [0.1, 0.15) is 0 Å². The zero-order chi connectivity index (χ0) is 6.69. The van der Waals surface area contributed by atoms with Crippen molar-refractivity contribution in [1.82, 2.24) is 15.0 Å². The number of nitrogens with zero attached hydrogens (tertiary/aromatic N) is 4. The van der Waals surface area contributed by atoms with Crippen LogP contribution in [0.2, 0.25) is 0 Å². The molecule has 0 aliphatic carbocycles. The van der Waals surface area contributed by atoms with Crippen LogP contribution in [0.15, 0.2) is 12.7 Å². The molecule has 0 saturated heterocycles. The highest BCUT2D eigenvalue weighted by atomic mass is 16.8. The summed E-state index contributed by atoms with van der Waals surface area (Å²) in [6.07, 6.45) is 2.31. The maximum absolute atomic E-state index is 8.26. The Morgan fingerprint density at radius 1 is 1.22 bits per heavy atom. The van der Waals surface area contributed by atoms with Gasteiger partial charge in [-0.1, -0.05) is 5.23 Å². The van der Waals surface area contributed by atoms with Gasteiger partial charge in [0.05, 0.1) is 0 Å². The van der Waals surface area contributed by atoms with Gasteiger partial charge in [-0.05, 0) is 0 Å². The first-order valence-electron chi connectivity index (χ1n) is 2.10. The predicted molar refractivity (Wildman–Crippen MR) is 25.9 cm³/mol. The van der Waals surface area contributed by atoms with E-state index in [1.807, 2.05) is 0 Å². The van der Waals surface area contributed by atoms with E-state index in [1.54, 1.807) is 0 Å². The second-order valence-electron chi connectivity index (χ2n) is 1.23. The Morgan fingerprint density at radius 3 is 2.11 bits per heavy atom. The van der Waals surface area contributed by atoms with Crippen LogP contribution in [0.4, 0.5) is 5.95 Å². The molecule has 2 N–H and O–H groups in total. The first-order valence-corrected chi connectivity index (χ1v) is 2.10. The second kappa shape index (κ2) is 2.33. The van der Waals surface area contributed by atoms with E-state index in [1.165, 1.54) is 0 Å². The van der Waals surface area contributed by atoms with E-state index < -0.39 is 0 Å². The minimum atomic E-state index is -0.204. The second-order valence-corrected chi connectivity index (χ2v) is 1.23. The monoisotopic (exact) mass is 128 g/mol. The Kier molecular flexibility index (Phi) is 1.52. The van der Waals surface area contributed by atoms with E-state index in [-0.39, 0.29) is 11.2 Å². The molecule has 1 rings (SSSR count). The Labute approximate surface area is 50.3 Å². The standard InChI is InChI=1S/C3H4N4O2/c8-7(9)3-5-1-4-2-6-3/h1-2,8-9H. The van der Waals surface area contributed by atoms with E-state index in [9.17, 15) is 0 Å². The lowest BCUT2D eigenvalue weighted by molar-refractivity contribution is 0.0240. The van der Waals surface area contributed by atoms with Gasteiger partial charge in [0.2, 0.25) is 0 Å². The minimum absolute atomic E-state index is 0.179. The molecule has 0 radical (unpaired) electrons. The lowest BCUT2D eigenvalue weighted by Gasteiger charge is -2.01. The zero-order valence-corrected chi connectivity index (χ0v) is 4.34. The third-order valence-corrected chi connectivity index (χ3v) is 0.659. The molecule has 6 nitrogen and oxygen atoms in total. The summed E-state index contributed by atoms with van der Waals surface area (Å²) in [5.41, 5.74) is 0. The van der Waals surface area contributed by atoms with Gasteiger partial charge < -0.3 is 0 Å². The fraction of sp³-hybridized carbons (Fsp3) is 0. The van der Waals surface area contributed by atoms with E-state index in [0.717, 1.165) is 12.7 Å². The topological polar surface area (TPSA) is 82.4 Å². The fourth-order valence-electron chi connectivity index (χ4n) is 0.336. The molecule has 0 bridgehead atoms. The third kappa shape index (κ3) is 1.31. The molecule has 0 amide bonds. The van der Waals surface area contributed by atoms with Gasteiger partial charge >= 0.3 is 0 Å². The van der Waals surface area contributed by atoms with Crippen LogP contribution in [0.5, 0.6) is 0 Å². The molecule has 0 aliphatic rings. The van der Waals surface area contributed by atoms with Crippen molar-refractivity contribution < 1.29 is 10.4 Å². The highest BCUT2D eigenvalue weighted by Gasteiger charge is 1.97. The van der Waals surface area contributed by atoms with Gasteiger partial charge in [-0.3, -0.25) is 10.4 Å². The molecule has 0 aromatic carbocycles. The van der Waals surface area contributed by atoms with Crippen LogP contribution in [0.25, 0.3) is 0 Å². The van der Waals surface area contributed by atoms with Crippen LogP contribution in [-0.2, 0) is 0 Å². The molecule has 0 atom stereocenters. The Bertz CT molecular complexity index is 176.